The number of anilines is 2. The van der Waals surface area contributed by atoms with E-state index in [-0.39, 0.29) is 0 Å². The molecule has 0 aliphatic carbocycles. The Bertz CT molecular complexity index is 866. The molecule has 0 atom stereocenters. The van der Waals surface area contributed by atoms with Crippen molar-refractivity contribution in [2.75, 3.05) is 31.4 Å². The van der Waals surface area contributed by atoms with E-state index in [0.717, 1.165) is 47.4 Å². The van der Waals surface area contributed by atoms with Crippen molar-refractivity contribution in [1.29, 1.82) is 0 Å². The summed E-state index contributed by atoms with van der Waals surface area (Å²) in [5, 5.41) is 6.60. The highest BCUT2D eigenvalue weighted by Gasteiger charge is 2.06. The molecule has 0 spiro atoms. The largest absolute Gasteiger partial charge is 0.493 e. The molecule has 7 nitrogen and oxygen atoms in total. The summed E-state index contributed by atoms with van der Waals surface area (Å²) in [7, 11) is 3.27. The Morgan fingerprint density at radius 3 is 2.44 bits per heavy atom. The summed E-state index contributed by atoms with van der Waals surface area (Å²) in [6.45, 7) is 3.19. The number of benzene rings is 1. The van der Waals surface area contributed by atoms with Gasteiger partial charge < -0.3 is 24.5 Å². The molecule has 0 saturated heterocycles. The van der Waals surface area contributed by atoms with Gasteiger partial charge in [0.25, 0.3) is 0 Å². The van der Waals surface area contributed by atoms with E-state index in [1.54, 1.807) is 20.5 Å². The zero-order chi connectivity index (χ0) is 19.1. The van der Waals surface area contributed by atoms with Gasteiger partial charge in [0.05, 0.1) is 27.0 Å². The number of aryl methyl sites for hydroxylation is 1. The second-order valence-corrected chi connectivity index (χ2v) is 5.98. The highest BCUT2D eigenvalue weighted by atomic mass is 16.5. The highest BCUT2D eigenvalue weighted by molar-refractivity contribution is 5.48. The Labute approximate surface area is 158 Å². The predicted molar refractivity (Wildman–Crippen MR) is 105 cm³/mol. The monoisotopic (exact) mass is 368 g/mol. The first kappa shape index (κ1) is 18.6. The van der Waals surface area contributed by atoms with E-state index in [2.05, 4.69) is 20.6 Å². The van der Waals surface area contributed by atoms with Crippen molar-refractivity contribution in [1.82, 2.24) is 9.97 Å². The molecule has 0 radical (unpaired) electrons. The minimum Gasteiger partial charge on any atom is -0.493 e. The van der Waals surface area contributed by atoms with Gasteiger partial charge in [-0.05, 0) is 43.2 Å². The summed E-state index contributed by atoms with van der Waals surface area (Å²) in [5.74, 6) is 4.56. The third-order valence-electron chi connectivity index (χ3n) is 4.03. The van der Waals surface area contributed by atoms with Gasteiger partial charge in [0.15, 0.2) is 11.5 Å². The second kappa shape index (κ2) is 8.93. The molecule has 0 saturated carbocycles. The molecule has 1 aromatic carbocycles. The number of nitrogens with zero attached hydrogens (tertiary/aromatic N) is 2. The number of furan rings is 1. The summed E-state index contributed by atoms with van der Waals surface area (Å²) < 4.78 is 15.9. The normalized spacial score (nSPS) is 10.5. The molecule has 27 heavy (non-hydrogen) atoms. The van der Waals surface area contributed by atoms with Gasteiger partial charge in [-0.2, -0.15) is 0 Å². The lowest BCUT2D eigenvalue weighted by Crippen LogP contribution is -2.09. The molecular formula is C20H24N4O3. The lowest BCUT2D eigenvalue weighted by atomic mass is 10.1. The van der Waals surface area contributed by atoms with Crippen molar-refractivity contribution >= 4 is 11.6 Å². The number of nitrogens with one attached hydrogen (secondary N) is 2. The molecule has 2 aromatic heterocycles. The lowest BCUT2D eigenvalue weighted by molar-refractivity contribution is 0.354. The van der Waals surface area contributed by atoms with Gasteiger partial charge in [0.1, 0.15) is 23.2 Å². The summed E-state index contributed by atoms with van der Waals surface area (Å²) in [4.78, 5) is 8.85. The van der Waals surface area contributed by atoms with Crippen molar-refractivity contribution in [3.05, 3.63) is 59.8 Å². The maximum Gasteiger partial charge on any atom is 0.160 e. The zero-order valence-electron chi connectivity index (χ0n) is 15.8. The first-order chi connectivity index (χ1) is 13.2. The van der Waals surface area contributed by atoms with Gasteiger partial charge in [0, 0.05) is 12.6 Å². The average Bonchev–Trinajstić information content (AvgIpc) is 3.19. The molecule has 0 fully saturated rings. The van der Waals surface area contributed by atoms with E-state index >= 15 is 0 Å². The molecule has 0 bridgehead atoms. The van der Waals surface area contributed by atoms with E-state index in [1.165, 1.54) is 0 Å². The van der Waals surface area contributed by atoms with Crippen LogP contribution < -0.4 is 20.1 Å². The van der Waals surface area contributed by atoms with Crippen LogP contribution in [0, 0.1) is 6.92 Å². The van der Waals surface area contributed by atoms with Crippen molar-refractivity contribution in [3.8, 4) is 11.5 Å². The number of aromatic nitrogens is 2. The number of hydrogen-bond acceptors (Lipinski definition) is 7. The Hall–Kier alpha value is -3.22. The minimum absolute atomic E-state index is 0.578. The first-order valence-electron chi connectivity index (χ1n) is 8.74. The molecule has 0 aliphatic rings. The van der Waals surface area contributed by atoms with Gasteiger partial charge in [-0.1, -0.05) is 6.07 Å². The molecule has 0 amide bonds. The first-order valence-corrected chi connectivity index (χ1v) is 8.74. The number of ether oxygens (including phenoxy) is 2. The maximum absolute atomic E-state index is 5.35. The second-order valence-electron chi connectivity index (χ2n) is 5.98. The minimum atomic E-state index is 0.578. The molecule has 7 heteroatoms. The van der Waals surface area contributed by atoms with Gasteiger partial charge in [-0.15, -0.1) is 0 Å². The van der Waals surface area contributed by atoms with Crippen LogP contribution in [0.3, 0.4) is 0 Å². The van der Waals surface area contributed by atoms with Gasteiger partial charge in [-0.25, -0.2) is 9.97 Å². The molecule has 3 rings (SSSR count). The zero-order valence-corrected chi connectivity index (χ0v) is 15.8. The average molecular weight is 368 g/mol. The van der Waals surface area contributed by atoms with Crippen LogP contribution in [0.2, 0.25) is 0 Å². The summed E-state index contributed by atoms with van der Waals surface area (Å²) in [6.07, 6.45) is 2.49. The Morgan fingerprint density at radius 2 is 1.74 bits per heavy atom. The fraction of sp³-hybridized carbons (Fsp3) is 0.300. The van der Waals surface area contributed by atoms with E-state index in [1.807, 2.05) is 43.3 Å². The standard InChI is InChI=1S/C20H24N4O3/c1-14-23-19(12-20(24-14)22-13-16-5-4-10-27-16)21-9-8-15-6-7-17(25-2)18(11-15)26-3/h4-7,10-12H,8-9,13H2,1-3H3,(H2,21,22,23,24). The van der Waals surface area contributed by atoms with Crippen molar-refractivity contribution in [3.63, 3.8) is 0 Å². The molecular weight excluding hydrogens is 344 g/mol. The van der Waals surface area contributed by atoms with Crippen LogP contribution in [0.1, 0.15) is 17.1 Å². The SMILES string of the molecule is COc1ccc(CCNc2cc(NCc3ccco3)nc(C)n2)cc1OC. The van der Waals surface area contributed by atoms with Crippen LogP contribution in [0.25, 0.3) is 0 Å². The van der Waals surface area contributed by atoms with Crippen LogP contribution in [0.4, 0.5) is 11.6 Å². The van der Waals surface area contributed by atoms with E-state index < -0.39 is 0 Å². The quantitative estimate of drug-likeness (QED) is 0.596. The fourth-order valence-electron chi connectivity index (χ4n) is 2.71. The highest BCUT2D eigenvalue weighted by Crippen LogP contribution is 2.27. The summed E-state index contributed by atoms with van der Waals surface area (Å²) >= 11 is 0. The van der Waals surface area contributed by atoms with E-state index in [4.69, 9.17) is 13.9 Å². The van der Waals surface area contributed by atoms with Crippen LogP contribution >= 0.6 is 0 Å². The van der Waals surface area contributed by atoms with Crippen LogP contribution in [0.15, 0.2) is 47.1 Å². The van der Waals surface area contributed by atoms with E-state index in [9.17, 15) is 0 Å². The van der Waals surface area contributed by atoms with Gasteiger partial charge in [0.2, 0.25) is 0 Å². The topological polar surface area (TPSA) is 81.4 Å². The number of rotatable bonds is 9. The summed E-state index contributed by atoms with van der Waals surface area (Å²) in [5.41, 5.74) is 1.15. The van der Waals surface area contributed by atoms with Crippen molar-refractivity contribution < 1.29 is 13.9 Å². The van der Waals surface area contributed by atoms with Crippen molar-refractivity contribution in [2.24, 2.45) is 0 Å². The fourth-order valence-corrected chi connectivity index (χ4v) is 2.71. The number of hydrogen-bond donors (Lipinski definition) is 2. The van der Waals surface area contributed by atoms with Crippen LogP contribution in [0.5, 0.6) is 11.5 Å². The van der Waals surface area contributed by atoms with Gasteiger partial charge in [-0.3, -0.25) is 0 Å². The van der Waals surface area contributed by atoms with Crippen molar-refractivity contribution in [2.45, 2.75) is 19.9 Å². The number of methoxy groups -OCH3 is 2. The molecule has 2 N–H and O–H groups in total. The molecule has 2 heterocycles. The molecule has 0 unspecified atom stereocenters. The third kappa shape index (κ3) is 5.13. The Kier molecular flexibility index (Phi) is 6.14. The molecule has 3 aromatic rings. The molecule has 0 aliphatic heterocycles. The predicted octanol–water partition coefficient (Wildman–Crippen LogP) is 3.66. The summed E-state index contributed by atoms with van der Waals surface area (Å²) in [6, 6.07) is 11.6. The maximum atomic E-state index is 5.35. The van der Waals surface area contributed by atoms with E-state index in [0.29, 0.717) is 12.4 Å². The van der Waals surface area contributed by atoms with Gasteiger partial charge >= 0.3 is 0 Å². The van der Waals surface area contributed by atoms with Crippen LogP contribution in [-0.4, -0.2) is 30.7 Å². The molecule has 142 valence electrons. The Balaban J connectivity index is 1.57. The third-order valence-corrected chi connectivity index (χ3v) is 4.03. The van der Waals surface area contributed by atoms with Crippen LogP contribution in [-0.2, 0) is 13.0 Å². The smallest absolute Gasteiger partial charge is 0.160 e. The Morgan fingerprint density at radius 1 is 0.963 bits per heavy atom. The lowest BCUT2D eigenvalue weighted by Gasteiger charge is -2.11.